The van der Waals surface area contributed by atoms with Crippen LogP contribution in [0.4, 0.5) is 4.39 Å². The Balaban J connectivity index is 1.88. The molecule has 3 aliphatic rings. The van der Waals surface area contributed by atoms with E-state index in [2.05, 4.69) is 27.0 Å². The van der Waals surface area contributed by atoms with Crippen LogP contribution in [0.2, 0.25) is 0 Å². The maximum Gasteiger partial charge on any atom is 0.137 e. The molecule has 2 aliphatic heterocycles. The molecule has 0 radical (unpaired) electrons. The Bertz CT molecular complexity index is 758. The van der Waals surface area contributed by atoms with Gasteiger partial charge in [0.2, 0.25) is 0 Å². The van der Waals surface area contributed by atoms with E-state index in [4.69, 9.17) is 4.99 Å². The van der Waals surface area contributed by atoms with E-state index in [1.54, 1.807) is 6.07 Å². The topological polar surface area (TPSA) is 24.7 Å². The number of aliphatic imine (C=N–C) groups is 2. The van der Waals surface area contributed by atoms with Gasteiger partial charge in [0.05, 0.1) is 10.2 Å². The van der Waals surface area contributed by atoms with Crippen LogP contribution in [-0.4, -0.2) is 18.5 Å². The van der Waals surface area contributed by atoms with Crippen LogP contribution in [0, 0.1) is 5.82 Å². The molecule has 2 heterocycles. The second kappa shape index (κ2) is 5.58. The van der Waals surface area contributed by atoms with Crippen molar-refractivity contribution < 1.29 is 4.39 Å². The summed E-state index contributed by atoms with van der Waals surface area (Å²) in [6, 6.07) is 5.36. The van der Waals surface area contributed by atoms with Crippen molar-refractivity contribution in [2.24, 2.45) is 9.98 Å². The van der Waals surface area contributed by atoms with Crippen LogP contribution in [-0.2, 0) is 0 Å². The first-order valence-corrected chi connectivity index (χ1v) is 8.49. The second-order valence-corrected chi connectivity index (χ2v) is 6.77. The lowest BCUT2D eigenvalue weighted by Gasteiger charge is -2.33. The van der Waals surface area contributed by atoms with E-state index >= 15 is 0 Å². The molecule has 22 heavy (non-hydrogen) atoms. The van der Waals surface area contributed by atoms with Crippen molar-refractivity contribution in [3.8, 4) is 0 Å². The number of halogens is 2. The van der Waals surface area contributed by atoms with E-state index in [0.717, 1.165) is 43.5 Å². The van der Waals surface area contributed by atoms with Gasteiger partial charge in [-0.2, -0.15) is 0 Å². The Morgan fingerprint density at radius 1 is 1.23 bits per heavy atom. The van der Waals surface area contributed by atoms with Crippen LogP contribution in [0.5, 0.6) is 0 Å². The zero-order valence-corrected chi connectivity index (χ0v) is 13.7. The maximum absolute atomic E-state index is 13.6. The Morgan fingerprint density at radius 2 is 2.14 bits per heavy atom. The summed E-state index contributed by atoms with van der Waals surface area (Å²) in [5, 5.41) is 0. The standard InChI is InChI=1S/C18H16BrFN2/c19-14-9-11(5-6-15(14)20)18-12-3-1-2-4-16(12)22-17-10-21-8-7-13(17)18/h3,5-6,9-10,18H,1-2,4,7-8H2. The fourth-order valence-electron chi connectivity index (χ4n) is 3.54. The van der Waals surface area contributed by atoms with Crippen molar-refractivity contribution in [1.82, 2.24) is 0 Å². The van der Waals surface area contributed by atoms with Crippen LogP contribution < -0.4 is 0 Å². The molecule has 0 fully saturated rings. The monoisotopic (exact) mass is 358 g/mol. The van der Waals surface area contributed by atoms with Crippen LogP contribution in [0.25, 0.3) is 0 Å². The number of dihydropyridines is 1. The predicted molar refractivity (Wildman–Crippen MR) is 91.2 cm³/mol. The number of fused-ring (bicyclic) bond motifs is 1. The lowest BCUT2D eigenvalue weighted by atomic mass is 9.75. The number of rotatable bonds is 1. The first kappa shape index (κ1) is 14.1. The fraction of sp³-hybridized carbons (Fsp3) is 0.333. The second-order valence-electron chi connectivity index (χ2n) is 5.91. The van der Waals surface area contributed by atoms with Crippen molar-refractivity contribution in [3.05, 3.63) is 57.0 Å². The Kier molecular flexibility index (Phi) is 3.57. The molecule has 0 bridgehead atoms. The third-order valence-electron chi connectivity index (χ3n) is 4.56. The van der Waals surface area contributed by atoms with E-state index in [-0.39, 0.29) is 11.7 Å². The highest BCUT2D eigenvalue weighted by molar-refractivity contribution is 9.10. The van der Waals surface area contributed by atoms with Crippen LogP contribution >= 0.6 is 15.9 Å². The molecular weight excluding hydrogens is 343 g/mol. The van der Waals surface area contributed by atoms with Crippen molar-refractivity contribution in [2.45, 2.75) is 31.6 Å². The van der Waals surface area contributed by atoms with E-state index in [1.807, 2.05) is 18.3 Å². The van der Waals surface area contributed by atoms with Gasteiger partial charge >= 0.3 is 0 Å². The third kappa shape index (κ3) is 2.30. The Labute approximate surface area is 137 Å². The maximum atomic E-state index is 13.6. The summed E-state index contributed by atoms with van der Waals surface area (Å²) >= 11 is 3.32. The fourth-order valence-corrected chi connectivity index (χ4v) is 3.94. The summed E-state index contributed by atoms with van der Waals surface area (Å²) in [5.74, 6) is -0.0167. The summed E-state index contributed by atoms with van der Waals surface area (Å²) in [5.41, 5.74) is 5.98. The quantitative estimate of drug-likeness (QED) is 0.677. The van der Waals surface area contributed by atoms with Gasteiger partial charge in [0, 0.05) is 24.4 Å². The molecule has 2 nitrogen and oxygen atoms in total. The highest BCUT2D eigenvalue weighted by Gasteiger charge is 2.32. The van der Waals surface area contributed by atoms with Crippen LogP contribution in [0.3, 0.4) is 0 Å². The molecule has 0 amide bonds. The molecular formula is C18H16BrFN2. The summed E-state index contributed by atoms with van der Waals surface area (Å²) in [6.07, 6.45) is 8.43. The number of benzene rings is 1. The van der Waals surface area contributed by atoms with Gasteiger partial charge in [-0.25, -0.2) is 4.39 Å². The van der Waals surface area contributed by atoms with Gasteiger partial charge in [-0.1, -0.05) is 12.1 Å². The van der Waals surface area contributed by atoms with Crippen molar-refractivity contribution in [3.63, 3.8) is 0 Å². The minimum absolute atomic E-state index is 0.200. The molecule has 1 aromatic carbocycles. The number of hydrogen-bond donors (Lipinski definition) is 0. The molecule has 0 saturated carbocycles. The van der Waals surface area contributed by atoms with Gasteiger partial charge in [-0.15, -0.1) is 0 Å². The lowest BCUT2D eigenvalue weighted by Crippen LogP contribution is -2.24. The van der Waals surface area contributed by atoms with Gasteiger partial charge in [-0.3, -0.25) is 9.98 Å². The first-order valence-electron chi connectivity index (χ1n) is 7.70. The number of nitrogens with zero attached hydrogens (tertiary/aromatic N) is 2. The first-order chi connectivity index (χ1) is 10.7. The molecule has 1 aliphatic carbocycles. The molecule has 1 unspecified atom stereocenters. The lowest BCUT2D eigenvalue weighted by molar-refractivity contribution is 0.619. The van der Waals surface area contributed by atoms with Crippen LogP contribution in [0.1, 0.15) is 37.2 Å². The van der Waals surface area contributed by atoms with Gasteiger partial charge in [-0.05, 0) is 70.5 Å². The molecule has 1 aromatic rings. The predicted octanol–water partition coefficient (Wildman–Crippen LogP) is 4.97. The van der Waals surface area contributed by atoms with Crippen molar-refractivity contribution in [2.75, 3.05) is 6.54 Å². The molecule has 4 rings (SSSR count). The van der Waals surface area contributed by atoms with E-state index in [1.165, 1.54) is 16.9 Å². The highest BCUT2D eigenvalue weighted by atomic mass is 79.9. The molecule has 1 atom stereocenters. The number of hydrogen-bond acceptors (Lipinski definition) is 2. The average molecular weight is 359 g/mol. The summed E-state index contributed by atoms with van der Waals surface area (Å²) < 4.78 is 14.1. The van der Waals surface area contributed by atoms with Gasteiger partial charge in [0.25, 0.3) is 0 Å². The van der Waals surface area contributed by atoms with E-state index in [9.17, 15) is 4.39 Å². The van der Waals surface area contributed by atoms with Gasteiger partial charge < -0.3 is 0 Å². The van der Waals surface area contributed by atoms with Gasteiger partial charge in [0.1, 0.15) is 5.82 Å². The molecule has 112 valence electrons. The summed E-state index contributed by atoms with van der Waals surface area (Å²) in [6.45, 7) is 0.815. The number of allylic oxidation sites excluding steroid dienone is 3. The molecule has 4 heteroatoms. The zero-order chi connectivity index (χ0) is 15.1. The van der Waals surface area contributed by atoms with Gasteiger partial charge in [0.15, 0.2) is 0 Å². The Morgan fingerprint density at radius 3 is 3.00 bits per heavy atom. The normalized spacial score (nSPS) is 23.6. The van der Waals surface area contributed by atoms with Crippen molar-refractivity contribution in [1.29, 1.82) is 0 Å². The van der Waals surface area contributed by atoms with E-state index in [0.29, 0.717) is 4.47 Å². The summed E-state index contributed by atoms with van der Waals surface area (Å²) in [4.78, 5) is 9.21. The smallest absolute Gasteiger partial charge is 0.137 e. The zero-order valence-electron chi connectivity index (χ0n) is 12.1. The average Bonchev–Trinajstić information content (AvgIpc) is 2.55. The third-order valence-corrected chi connectivity index (χ3v) is 5.17. The molecule has 0 aromatic heterocycles. The minimum atomic E-state index is -0.217. The largest absolute Gasteiger partial charge is 0.291 e. The molecule has 0 N–H and O–H groups in total. The highest BCUT2D eigenvalue weighted by Crippen LogP contribution is 2.43. The van der Waals surface area contributed by atoms with Crippen LogP contribution in [0.15, 0.2) is 55.6 Å². The Hall–Kier alpha value is -1.55. The molecule has 0 saturated heterocycles. The van der Waals surface area contributed by atoms with Crippen molar-refractivity contribution >= 4 is 27.9 Å². The van der Waals surface area contributed by atoms with E-state index < -0.39 is 0 Å². The minimum Gasteiger partial charge on any atom is -0.291 e. The SMILES string of the molecule is Fc1ccc(C2C3=CCCCC3=NC3=C2CCN=C3)cc1Br. The summed E-state index contributed by atoms with van der Waals surface area (Å²) in [7, 11) is 0. The molecule has 0 spiro atoms.